The average Bonchev–Trinajstić information content (AvgIpc) is 2.28. The Hall–Kier alpha value is -0.910. The van der Waals surface area contributed by atoms with Crippen molar-refractivity contribution in [1.29, 1.82) is 0 Å². The van der Waals surface area contributed by atoms with Crippen LogP contribution in [0.5, 0.6) is 0 Å². The molecule has 0 amide bonds. The normalized spacial score (nSPS) is 10.1. The van der Waals surface area contributed by atoms with Crippen LogP contribution in [0.25, 0.3) is 0 Å². The molecule has 0 atom stereocenters. The molecular weight excluding hydrogens is 263 g/mol. The lowest BCUT2D eigenvalue weighted by Crippen LogP contribution is -2.30. The molecule has 94 valence electrons. The van der Waals surface area contributed by atoms with E-state index in [0.29, 0.717) is 29.0 Å². The Morgan fingerprint density at radius 1 is 1.53 bits per heavy atom. The first-order chi connectivity index (χ1) is 8.13. The molecule has 17 heavy (non-hydrogen) atoms. The minimum atomic E-state index is -0.432. The molecule has 0 heterocycles. The molecule has 0 aromatic heterocycles. The van der Waals surface area contributed by atoms with Gasteiger partial charge in [-0.3, -0.25) is 0 Å². The lowest BCUT2D eigenvalue weighted by molar-refractivity contribution is 0.196. The molecule has 1 aromatic rings. The third-order valence-corrected chi connectivity index (χ3v) is 2.47. The van der Waals surface area contributed by atoms with Gasteiger partial charge in [-0.2, -0.15) is 0 Å². The van der Waals surface area contributed by atoms with Gasteiger partial charge in [0.25, 0.3) is 0 Å². The van der Waals surface area contributed by atoms with Gasteiger partial charge in [0, 0.05) is 25.3 Å². The third-order valence-electron chi connectivity index (χ3n) is 1.99. The molecule has 3 nitrogen and oxygen atoms in total. The molecule has 0 unspecified atom stereocenters. The van der Waals surface area contributed by atoms with Crippen LogP contribution in [-0.2, 0) is 4.74 Å². The molecule has 0 saturated heterocycles. The van der Waals surface area contributed by atoms with E-state index in [4.69, 9.17) is 28.6 Å². The summed E-state index contributed by atoms with van der Waals surface area (Å²) in [5, 5.41) is 6.44. The second kappa shape index (κ2) is 7.42. The molecule has 6 heteroatoms. The van der Waals surface area contributed by atoms with E-state index in [1.54, 1.807) is 19.2 Å². The van der Waals surface area contributed by atoms with E-state index in [1.807, 2.05) is 0 Å². The predicted octanol–water partition coefficient (Wildman–Crippen LogP) is 2.80. The fourth-order valence-corrected chi connectivity index (χ4v) is 1.55. The SMILES string of the molecule is COCCCNC(=S)Nc1ccc(Cl)cc1F. The number of benzene rings is 1. The molecule has 0 aliphatic carbocycles. The third kappa shape index (κ3) is 5.30. The fraction of sp³-hybridized carbons (Fsp3) is 0.364. The first-order valence-electron chi connectivity index (χ1n) is 5.12. The lowest BCUT2D eigenvalue weighted by atomic mass is 10.3. The van der Waals surface area contributed by atoms with Gasteiger partial charge in [-0.1, -0.05) is 11.6 Å². The van der Waals surface area contributed by atoms with Gasteiger partial charge in [0.2, 0.25) is 0 Å². The molecule has 0 aliphatic heterocycles. The van der Waals surface area contributed by atoms with Gasteiger partial charge in [0.05, 0.1) is 5.69 Å². The molecule has 1 rings (SSSR count). The standard InChI is InChI=1S/C11H14ClFN2OS/c1-16-6-2-5-14-11(17)15-10-4-3-8(12)7-9(10)13/h3-4,7H,2,5-6H2,1H3,(H2,14,15,17). The monoisotopic (exact) mass is 276 g/mol. The lowest BCUT2D eigenvalue weighted by Gasteiger charge is -2.11. The van der Waals surface area contributed by atoms with Crippen molar-refractivity contribution in [3.63, 3.8) is 0 Å². The van der Waals surface area contributed by atoms with Crippen molar-refractivity contribution < 1.29 is 9.13 Å². The van der Waals surface area contributed by atoms with Crippen LogP contribution in [0.3, 0.4) is 0 Å². The van der Waals surface area contributed by atoms with Crippen LogP contribution in [0.1, 0.15) is 6.42 Å². The van der Waals surface area contributed by atoms with Gasteiger partial charge in [-0.15, -0.1) is 0 Å². The van der Waals surface area contributed by atoms with Crippen molar-refractivity contribution in [3.05, 3.63) is 29.0 Å². The summed E-state index contributed by atoms with van der Waals surface area (Å²) < 4.78 is 18.3. The molecule has 0 spiro atoms. The van der Waals surface area contributed by atoms with Gasteiger partial charge in [-0.25, -0.2) is 4.39 Å². The van der Waals surface area contributed by atoms with Crippen molar-refractivity contribution >= 4 is 34.6 Å². The topological polar surface area (TPSA) is 33.3 Å². The maximum atomic E-state index is 13.4. The number of nitrogens with one attached hydrogen (secondary N) is 2. The van der Waals surface area contributed by atoms with E-state index in [-0.39, 0.29) is 0 Å². The van der Waals surface area contributed by atoms with E-state index >= 15 is 0 Å². The molecule has 0 aliphatic rings. The number of hydrogen-bond donors (Lipinski definition) is 2. The van der Waals surface area contributed by atoms with E-state index in [0.717, 1.165) is 6.42 Å². The molecule has 0 saturated carbocycles. The summed E-state index contributed by atoms with van der Waals surface area (Å²) in [6, 6.07) is 4.37. The minimum Gasteiger partial charge on any atom is -0.385 e. The zero-order chi connectivity index (χ0) is 12.7. The van der Waals surface area contributed by atoms with Gasteiger partial charge in [-0.05, 0) is 36.8 Å². The molecular formula is C11H14ClFN2OS. The number of rotatable bonds is 5. The summed E-state index contributed by atoms with van der Waals surface area (Å²) in [5.74, 6) is -0.432. The van der Waals surface area contributed by atoms with Crippen molar-refractivity contribution in [2.75, 3.05) is 25.6 Å². The zero-order valence-electron chi connectivity index (χ0n) is 9.43. The Balaban J connectivity index is 2.40. The summed E-state index contributed by atoms with van der Waals surface area (Å²) >= 11 is 10.7. The second-order valence-corrected chi connectivity index (χ2v) is 4.20. The van der Waals surface area contributed by atoms with Crippen LogP contribution in [0.2, 0.25) is 5.02 Å². The first kappa shape index (κ1) is 14.2. The van der Waals surface area contributed by atoms with Gasteiger partial charge < -0.3 is 15.4 Å². The number of hydrogen-bond acceptors (Lipinski definition) is 2. The van der Waals surface area contributed by atoms with E-state index in [9.17, 15) is 4.39 Å². The molecule has 0 radical (unpaired) electrons. The van der Waals surface area contributed by atoms with Crippen LogP contribution >= 0.6 is 23.8 Å². The molecule has 1 aromatic carbocycles. The maximum absolute atomic E-state index is 13.4. The van der Waals surface area contributed by atoms with E-state index in [1.165, 1.54) is 6.07 Å². The summed E-state index contributed by atoms with van der Waals surface area (Å²) in [4.78, 5) is 0. The van der Waals surface area contributed by atoms with Crippen molar-refractivity contribution in [1.82, 2.24) is 5.32 Å². The summed E-state index contributed by atoms with van der Waals surface area (Å²) in [6.45, 7) is 1.33. The highest BCUT2D eigenvalue weighted by molar-refractivity contribution is 7.80. The highest BCUT2D eigenvalue weighted by Gasteiger charge is 2.04. The Kier molecular flexibility index (Phi) is 6.18. The van der Waals surface area contributed by atoms with E-state index in [2.05, 4.69) is 10.6 Å². The first-order valence-corrected chi connectivity index (χ1v) is 5.91. The Morgan fingerprint density at radius 3 is 2.94 bits per heavy atom. The quantitative estimate of drug-likeness (QED) is 0.640. The zero-order valence-corrected chi connectivity index (χ0v) is 11.0. The average molecular weight is 277 g/mol. The van der Waals surface area contributed by atoms with E-state index < -0.39 is 5.82 Å². The van der Waals surface area contributed by atoms with Crippen LogP contribution in [-0.4, -0.2) is 25.4 Å². The minimum absolute atomic E-state index is 0.304. The molecule has 2 N–H and O–H groups in total. The molecule has 0 bridgehead atoms. The Morgan fingerprint density at radius 2 is 2.29 bits per heavy atom. The largest absolute Gasteiger partial charge is 0.385 e. The van der Waals surface area contributed by atoms with Crippen LogP contribution in [0.4, 0.5) is 10.1 Å². The highest BCUT2D eigenvalue weighted by atomic mass is 35.5. The number of anilines is 1. The second-order valence-electron chi connectivity index (χ2n) is 3.35. The summed E-state index contributed by atoms with van der Waals surface area (Å²) in [7, 11) is 1.64. The van der Waals surface area contributed by atoms with Gasteiger partial charge in [0.15, 0.2) is 5.11 Å². The van der Waals surface area contributed by atoms with Crippen molar-refractivity contribution in [3.8, 4) is 0 Å². The van der Waals surface area contributed by atoms with Crippen molar-refractivity contribution in [2.24, 2.45) is 0 Å². The number of halogens is 2. The smallest absolute Gasteiger partial charge is 0.170 e. The summed E-state index contributed by atoms with van der Waals surface area (Å²) in [5.41, 5.74) is 0.304. The van der Waals surface area contributed by atoms with Crippen LogP contribution in [0, 0.1) is 5.82 Å². The fourth-order valence-electron chi connectivity index (χ4n) is 1.18. The molecule has 0 fully saturated rings. The number of ether oxygens (including phenoxy) is 1. The van der Waals surface area contributed by atoms with Crippen LogP contribution < -0.4 is 10.6 Å². The van der Waals surface area contributed by atoms with Gasteiger partial charge >= 0.3 is 0 Å². The predicted molar refractivity (Wildman–Crippen MR) is 72.1 cm³/mol. The summed E-state index contributed by atoms with van der Waals surface area (Å²) in [6.07, 6.45) is 0.835. The Bertz CT molecular complexity index is 390. The number of methoxy groups -OCH3 is 1. The van der Waals surface area contributed by atoms with Gasteiger partial charge in [0.1, 0.15) is 5.82 Å². The van der Waals surface area contributed by atoms with Crippen molar-refractivity contribution in [2.45, 2.75) is 6.42 Å². The Labute approximate surface area is 110 Å². The maximum Gasteiger partial charge on any atom is 0.170 e. The highest BCUT2D eigenvalue weighted by Crippen LogP contribution is 2.18. The van der Waals surface area contributed by atoms with Crippen LogP contribution in [0.15, 0.2) is 18.2 Å². The number of thiocarbonyl (C=S) groups is 1.